The molecule has 0 aromatic rings. The molecule has 0 bridgehead atoms. The van der Waals surface area contributed by atoms with Gasteiger partial charge in [0.25, 0.3) is 0 Å². The Morgan fingerprint density at radius 2 is 2.33 bits per heavy atom. The maximum atomic E-state index is 10.6. The third-order valence-corrected chi connectivity index (χ3v) is 2.43. The number of carbonyl (C=O) groups excluding carboxylic acids is 1. The quantitative estimate of drug-likeness (QED) is 0.548. The average Bonchev–Trinajstić information content (AvgIpc) is 2.56. The van der Waals surface area contributed by atoms with Crippen molar-refractivity contribution in [3.05, 3.63) is 0 Å². The van der Waals surface area contributed by atoms with Gasteiger partial charge in [-0.2, -0.15) is 0 Å². The molecule has 1 aliphatic heterocycles. The van der Waals surface area contributed by atoms with Crippen LogP contribution in [0.2, 0.25) is 0 Å². The number of hydrogen-bond donors (Lipinski definition) is 0. The number of esters is 1. The Morgan fingerprint density at radius 1 is 1.58 bits per heavy atom. The van der Waals surface area contributed by atoms with Gasteiger partial charge in [0, 0.05) is 14.0 Å². The first-order chi connectivity index (χ1) is 5.74. The van der Waals surface area contributed by atoms with E-state index in [0.717, 1.165) is 0 Å². The summed E-state index contributed by atoms with van der Waals surface area (Å²) in [6.45, 7) is 2.04. The summed E-state index contributed by atoms with van der Waals surface area (Å²) in [5.74, 6) is 0.0340. The minimum absolute atomic E-state index is 0.0544. The first-order valence-corrected chi connectivity index (χ1v) is 4.05. The fraction of sp³-hybridized carbons (Fsp3) is 0.875. The van der Waals surface area contributed by atoms with Crippen molar-refractivity contribution >= 4 is 5.97 Å². The second-order valence-corrected chi connectivity index (χ2v) is 3.22. The van der Waals surface area contributed by atoms with Crippen LogP contribution in [-0.4, -0.2) is 38.0 Å². The topological polar surface area (TPSA) is 44.8 Å². The van der Waals surface area contributed by atoms with E-state index in [9.17, 15) is 4.79 Å². The smallest absolute Gasteiger partial charge is 0.303 e. The van der Waals surface area contributed by atoms with E-state index in [1.54, 1.807) is 7.11 Å². The summed E-state index contributed by atoms with van der Waals surface area (Å²) in [6.07, 6.45) is 0.152. The molecule has 0 amide bonds. The first-order valence-electron chi connectivity index (χ1n) is 4.05. The van der Waals surface area contributed by atoms with Crippen molar-refractivity contribution in [2.24, 2.45) is 5.92 Å². The van der Waals surface area contributed by atoms with Gasteiger partial charge in [-0.1, -0.05) is 0 Å². The Hall–Kier alpha value is -0.610. The van der Waals surface area contributed by atoms with E-state index in [1.807, 2.05) is 0 Å². The van der Waals surface area contributed by atoms with Crippen LogP contribution in [0.5, 0.6) is 0 Å². The molecule has 12 heavy (non-hydrogen) atoms. The monoisotopic (exact) mass is 172 g/mol. The van der Waals surface area contributed by atoms with E-state index in [0.29, 0.717) is 6.61 Å². The van der Waals surface area contributed by atoms with Gasteiger partial charge in [-0.15, -0.1) is 0 Å². The Labute approximate surface area is 70.8 Å². The van der Waals surface area contributed by atoms with Gasteiger partial charge in [0.2, 0.25) is 0 Å². The number of rotatable bonds is 2. The average molecular weight is 172 g/mol. The molecule has 0 aromatic heterocycles. The van der Waals surface area contributed by atoms with Gasteiger partial charge < -0.3 is 14.2 Å². The minimum atomic E-state index is -0.243. The Balaban J connectivity index is 1.88. The molecule has 4 heteroatoms. The normalized spacial score (nSPS) is 43.8. The van der Waals surface area contributed by atoms with Crippen LogP contribution in [-0.2, 0) is 19.0 Å². The van der Waals surface area contributed by atoms with Crippen LogP contribution in [0.15, 0.2) is 0 Å². The highest BCUT2D eigenvalue weighted by Gasteiger charge is 2.63. The molecular formula is C8H12O4. The van der Waals surface area contributed by atoms with Crippen LogP contribution in [0.4, 0.5) is 0 Å². The van der Waals surface area contributed by atoms with Crippen molar-refractivity contribution in [1.29, 1.82) is 0 Å². The molecule has 0 radical (unpaired) electrons. The van der Waals surface area contributed by atoms with Crippen LogP contribution in [0.3, 0.4) is 0 Å². The van der Waals surface area contributed by atoms with Gasteiger partial charge in [-0.05, 0) is 0 Å². The van der Waals surface area contributed by atoms with Crippen molar-refractivity contribution < 1.29 is 19.0 Å². The van der Waals surface area contributed by atoms with Crippen molar-refractivity contribution in [3.8, 4) is 0 Å². The zero-order valence-electron chi connectivity index (χ0n) is 7.15. The number of methoxy groups -OCH3 is 1. The maximum Gasteiger partial charge on any atom is 0.303 e. The molecular weight excluding hydrogens is 160 g/mol. The van der Waals surface area contributed by atoms with E-state index in [-0.39, 0.29) is 30.2 Å². The van der Waals surface area contributed by atoms with E-state index in [1.165, 1.54) is 6.92 Å². The molecule has 1 saturated carbocycles. The lowest BCUT2D eigenvalue weighted by Crippen LogP contribution is -2.21. The van der Waals surface area contributed by atoms with Gasteiger partial charge in [-0.3, -0.25) is 4.79 Å². The standard InChI is InChI=1S/C8H12O4/c1-4(9)12-8-6-5(10-2)3-11-7(6)8/h5-8H,3H2,1-2H3. The number of ether oxygens (including phenoxy) is 3. The number of carbonyl (C=O) groups is 1. The maximum absolute atomic E-state index is 10.6. The third-order valence-electron chi connectivity index (χ3n) is 2.43. The number of hydrogen-bond acceptors (Lipinski definition) is 4. The van der Waals surface area contributed by atoms with Crippen LogP contribution < -0.4 is 0 Å². The van der Waals surface area contributed by atoms with Gasteiger partial charge in [0.05, 0.1) is 18.6 Å². The van der Waals surface area contributed by atoms with E-state index >= 15 is 0 Å². The highest BCUT2D eigenvalue weighted by Crippen LogP contribution is 2.46. The molecule has 0 spiro atoms. The summed E-state index contributed by atoms with van der Waals surface area (Å²) in [7, 11) is 1.65. The van der Waals surface area contributed by atoms with Crippen LogP contribution in [0.1, 0.15) is 6.92 Å². The second-order valence-electron chi connectivity index (χ2n) is 3.22. The van der Waals surface area contributed by atoms with Gasteiger partial charge in [0.15, 0.2) is 0 Å². The molecule has 4 nitrogen and oxygen atoms in total. The molecule has 4 atom stereocenters. The summed E-state index contributed by atoms with van der Waals surface area (Å²) in [6, 6.07) is 0. The highest BCUT2D eigenvalue weighted by atomic mass is 16.6. The van der Waals surface area contributed by atoms with Crippen LogP contribution in [0, 0.1) is 5.92 Å². The molecule has 1 saturated heterocycles. The molecule has 0 aromatic carbocycles. The van der Waals surface area contributed by atoms with Crippen LogP contribution in [0.25, 0.3) is 0 Å². The zero-order valence-corrected chi connectivity index (χ0v) is 7.15. The molecule has 1 heterocycles. The summed E-state index contributed by atoms with van der Waals surface area (Å²) >= 11 is 0. The molecule has 4 unspecified atom stereocenters. The Bertz CT molecular complexity index is 203. The second kappa shape index (κ2) is 2.71. The van der Waals surface area contributed by atoms with Crippen molar-refractivity contribution in [3.63, 3.8) is 0 Å². The largest absolute Gasteiger partial charge is 0.459 e. The molecule has 1 aliphatic carbocycles. The van der Waals surface area contributed by atoms with Crippen molar-refractivity contribution in [1.82, 2.24) is 0 Å². The van der Waals surface area contributed by atoms with Gasteiger partial charge >= 0.3 is 5.97 Å². The predicted molar refractivity (Wildman–Crippen MR) is 39.6 cm³/mol. The van der Waals surface area contributed by atoms with Crippen molar-refractivity contribution in [2.45, 2.75) is 25.2 Å². The SMILES string of the molecule is COC1COC2C(OC(C)=O)C12. The fourth-order valence-electron chi connectivity index (χ4n) is 1.79. The lowest BCUT2D eigenvalue weighted by atomic mass is 10.2. The lowest BCUT2D eigenvalue weighted by molar-refractivity contribution is -0.145. The van der Waals surface area contributed by atoms with Gasteiger partial charge in [0.1, 0.15) is 12.2 Å². The molecule has 2 aliphatic rings. The fourth-order valence-corrected chi connectivity index (χ4v) is 1.79. The van der Waals surface area contributed by atoms with Gasteiger partial charge in [-0.25, -0.2) is 0 Å². The predicted octanol–water partition coefficient (Wildman–Crippen LogP) is -0.0383. The molecule has 0 N–H and O–H groups in total. The summed E-state index contributed by atoms with van der Waals surface area (Å²) in [5, 5.41) is 0. The third kappa shape index (κ3) is 1.11. The molecule has 2 rings (SSSR count). The summed E-state index contributed by atoms with van der Waals surface area (Å²) in [5.41, 5.74) is 0. The molecule has 2 fully saturated rings. The van der Waals surface area contributed by atoms with E-state index in [2.05, 4.69) is 0 Å². The highest BCUT2D eigenvalue weighted by molar-refractivity contribution is 5.66. The summed E-state index contributed by atoms with van der Waals surface area (Å²) in [4.78, 5) is 10.6. The number of fused-ring (bicyclic) bond motifs is 1. The zero-order chi connectivity index (χ0) is 8.72. The first kappa shape index (κ1) is 8.01. The van der Waals surface area contributed by atoms with Crippen molar-refractivity contribution in [2.75, 3.05) is 13.7 Å². The molecule has 68 valence electrons. The van der Waals surface area contributed by atoms with E-state index in [4.69, 9.17) is 14.2 Å². The van der Waals surface area contributed by atoms with Crippen LogP contribution >= 0.6 is 0 Å². The van der Waals surface area contributed by atoms with E-state index < -0.39 is 0 Å². The minimum Gasteiger partial charge on any atom is -0.459 e. The Kier molecular flexibility index (Phi) is 1.81. The lowest BCUT2D eigenvalue weighted by Gasteiger charge is -2.11. The Morgan fingerprint density at radius 3 is 2.92 bits per heavy atom. The summed E-state index contributed by atoms with van der Waals surface area (Å²) < 4.78 is 15.5.